The number of carboxylic acids is 3. The molecule has 0 aliphatic carbocycles. The number of aliphatic hydroxyl groups is 1. The Morgan fingerprint density at radius 1 is 0.667 bits per heavy atom. The van der Waals surface area contributed by atoms with Crippen LogP contribution in [-0.2, 0) is 19.2 Å². The highest BCUT2D eigenvalue weighted by Crippen LogP contribution is 2.43. The number of rotatable bonds is 24. The van der Waals surface area contributed by atoms with Gasteiger partial charge in [0.1, 0.15) is 0 Å². The number of ketones is 1. The van der Waals surface area contributed by atoms with Crippen molar-refractivity contribution in [1.82, 2.24) is 0 Å². The van der Waals surface area contributed by atoms with E-state index in [0.29, 0.717) is 19.3 Å². The van der Waals surface area contributed by atoms with Crippen molar-refractivity contribution >= 4 is 23.7 Å². The average Bonchev–Trinajstić information content (AvgIpc) is 2.78. The van der Waals surface area contributed by atoms with Gasteiger partial charge in [-0.2, -0.15) is 0 Å². The van der Waals surface area contributed by atoms with Gasteiger partial charge in [0, 0.05) is 6.42 Å². The van der Waals surface area contributed by atoms with E-state index >= 15 is 0 Å². The minimum atomic E-state index is -3.22. The number of aliphatic carboxylic acids is 3. The summed E-state index contributed by atoms with van der Waals surface area (Å²) in [6.07, 6.45) is 11.5. The molecule has 0 amide bonds. The topological polar surface area (TPSA) is 149 Å². The fraction of sp³-hybridized carbons (Fsp3) is 0.857. The third-order valence-electron chi connectivity index (χ3n) is 7.15. The van der Waals surface area contributed by atoms with E-state index in [-0.39, 0.29) is 12.8 Å². The number of unbranched alkanes of at least 4 members (excludes halogenated alkanes) is 12. The Balaban J connectivity index is 5.17. The first-order valence-electron chi connectivity index (χ1n) is 13.9. The normalized spacial score (nSPS) is 14.8. The van der Waals surface area contributed by atoms with E-state index in [4.69, 9.17) is 0 Å². The number of carbonyl (C=O) groups excluding carboxylic acids is 1. The molecule has 0 bridgehead atoms. The molecule has 2 atom stereocenters. The molecule has 0 aliphatic heterocycles. The Hall–Kier alpha value is -1.96. The summed E-state index contributed by atoms with van der Waals surface area (Å²) in [5.74, 6) is -5.61. The molecule has 0 radical (unpaired) electrons. The lowest BCUT2D eigenvalue weighted by Gasteiger charge is -2.39. The maximum Gasteiger partial charge on any atom is 0.338 e. The van der Waals surface area contributed by atoms with Crippen LogP contribution < -0.4 is 0 Å². The second kappa shape index (κ2) is 18.3. The van der Waals surface area contributed by atoms with Crippen LogP contribution in [0.1, 0.15) is 136 Å². The molecule has 0 saturated carbocycles. The maximum atomic E-state index is 13.2. The van der Waals surface area contributed by atoms with Crippen molar-refractivity contribution in [3.05, 3.63) is 0 Å². The van der Waals surface area contributed by atoms with Gasteiger partial charge in [-0.3, -0.25) is 14.4 Å². The van der Waals surface area contributed by atoms with Crippen molar-refractivity contribution in [3.63, 3.8) is 0 Å². The Kier molecular flexibility index (Phi) is 17.3. The van der Waals surface area contributed by atoms with Crippen molar-refractivity contribution in [1.29, 1.82) is 0 Å². The fourth-order valence-corrected chi connectivity index (χ4v) is 4.89. The lowest BCUT2D eigenvalue weighted by atomic mass is 9.63. The van der Waals surface area contributed by atoms with Gasteiger partial charge in [0.25, 0.3) is 0 Å². The van der Waals surface area contributed by atoms with Crippen molar-refractivity contribution in [3.8, 4) is 0 Å². The molecule has 0 spiro atoms. The van der Waals surface area contributed by atoms with Gasteiger partial charge in [-0.05, 0) is 18.8 Å². The Bertz CT molecular complexity index is 674. The summed E-state index contributed by atoms with van der Waals surface area (Å²) in [5.41, 5.74) is -5.92. The predicted octanol–water partition coefficient (Wildman–Crippen LogP) is 6.22. The highest BCUT2D eigenvalue weighted by atomic mass is 16.4. The molecule has 0 heterocycles. The van der Waals surface area contributed by atoms with Gasteiger partial charge >= 0.3 is 17.9 Å². The van der Waals surface area contributed by atoms with Crippen LogP contribution in [0.5, 0.6) is 0 Å². The minimum absolute atomic E-state index is 0.206. The summed E-state index contributed by atoms with van der Waals surface area (Å²) >= 11 is 0. The molecule has 0 aromatic rings. The smallest absolute Gasteiger partial charge is 0.338 e. The first-order chi connectivity index (χ1) is 17.0. The zero-order chi connectivity index (χ0) is 27.6. The van der Waals surface area contributed by atoms with E-state index in [1.807, 2.05) is 6.92 Å². The molecular weight excluding hydrogens is 464 g/mol. The summed E-state index contributed by atoms with van der Waals surface area (Å²) in [4.78, 5) is 49.0. The number of carbonyl (C=O) groups is 4. The number of hydrogen-bond donors (Lipinski definition) is 4. The lowest BCUT2D eigenvalue weighted by molar-refractivity contribution is -0.196. The Morgan fingerprint density at radius 2 is 1.14 bits per heavy atom. The number of carboxylic acid groups (broad SMARTS) is 3. The molecule has 0 aromatic carbocycles. The molecular formula is C28H50O8. The maximum absolute atomic E-state index is 13.2. The molecule has 0 fully saturated rings. The molecule has 2 unspecified atom stereocenters. The van der Waals surface area contributed by atoms with Crippen LogP contribution in [0.4, 0.5) is 0 Å². The molecule has 8 heteroatoms. The van der Waals surface area contributed by atoms with Gasteiger partial charge in [0.2, 0.25) is 0 Å². The summed E-state index contributed by atoms with van der Waals surface area (Å²) in [7, 11) is 0. The molecule has 0 rings (SSSR count). The summed E-state index contributed by atoms with van der Waals surface area (Å²) < 4.78 is 0. The number of hydrogen-bond acceptors (Lipinski definition) is 5. The van der Waals surface area contributed by atoms with Gasteiger partial charge < -0.3 is 20.4 Å². The van der Waals surface area contributed by atoms with Gasteiger partial charge in [0.15, 0.2) is 16.8 Å². The molecule has 210 valence electrons. The first-order valence-corrected chi connectivity index (χ1v) is 13.9. The van der Waals surface area contributed by atoms with E-state index in [1.165, 1.54) is 25.7 Å². The van der Waals surface area contributed by atoms with Gasteiger partial charge in [-0.15, -0.1) is 0 Å². The van der Waals surface area contributed by atoms with Crippen molar-refractivity contribution in [2.45, 2.75) is 142 Å². The van der Waals surface area contributed by atoms with E-state index in [9.17, 15) is 39.6 Å². The Labute approximate surface area is 216 Å². The quantitative estimate of drug-likeness (QED) is 0.0875. The van der Waals surface area contributed by atoms with Crippen LogP contribution in [0.3, 0.4) is 0 Å². The van der Waals surface area contributed by atoms with Crippen molar-refractivity contribution < 1.29 is 39.6 Å². The van der Waals surface area contributed by atoms with E-state index < -0.39 is 47.5 Å². The third-order valence-corrected chi connectivity index (χ3v) is 7.15. The van der Waals surface area contributed by atoms with Crippen LogP contribution in [-0.4, -0.2) is 49.7 Å². The van der Waals surface area contributed by atoms with E-state index in [2.05, 4.69) is 13.8 Å². The molecule has 0 aliphatic rings. The summed E-state index contributed by atoms with van der Waals surface area (Å²) in [6.45, 7) is 6.48. The van der Waals surface area contributed by atoms with Gasteiger partial charge in [-0.1, -0.05) is 111 Å². The summed E-state index contributed by atoms with van der Waals surface area (Å²) in [5, 5.41) is 40.0. The average molecular weight is 515 g/mol. The van der Waals surface area contributed by atoms with Gasteiger partial charge in [-0.25, -0.2) is 4.79 Å². The first kappa shape index (κ1) is 34.0. The lowest BCUT2D eigenvalue weighted by Crippen LogP contribution is -2.63. The standard InChI is InChI=1S/C28H50O8/c1-4-5-6-12-16-19-23(29)27(25(32)33,28(36,26(34)35)21-24(30)31)20-17-14-11-9-7-8-10-13-15-18-22(2)3/h22,36H,4-21H2,1-3H3,(H,30,31)(H,32,33)(H,34,35). The molecule has 36 heavy (non-hydrogen) atoms. The highest BCUT2D eigenvalue weighted by molar-refractivity contribution is 6.09. The minimum Gasteiger partial charge on any atom is -0.481 e. The van der Waals surface area contributed by atoms with Gasteiger partial charge in [0.05, 0.1) is 6.42 Å². The summed E-state index contributed by atoms with van der Waals surface area (Å²) in [6, 6.07) is 0. The van der Waals surface area contributed by atoms with Crippen LogP contribution in [0.2, 0.25) is 0 Å². The van der Waals surface area contributed by atoms with Crippen LogP contribution in [0.15, 0.2) is 0 Å². The van der Waals surface area contributed by atoms with Crippen molar-refractivity contribution in [2.75, 3.05) is 0 Å². The predicted molar refractivity (Wildman–Crippen MR) is 139 cm³/mol. The zero-order valence-electron chi connectivity index (χ0n) is 22.7. The van der Waals surface area contributed by atoms with Crippen LogP contribution in [0.25, 0.3) is 0 Å². The third kappa shape index (κ3) is 11.4. The van der Waals surface area contributed by atoms with Crippen molar-refractivity contribution in [2.24, 2.45) is 11.3 Å². The van der Waals surface area contributed by atoms with E-state index in [1.54, 1.807) is 0 Å². The monoisotopic (exact) mass is 514 g/mol. The van der Waals surface area contributed by atoms with Crippen LogP contribution in [0, 0.1) is 11.3 Å². The molecule has 0 aromatic heterocycles. The zero-order valence-corrected chi connectivity index (χ0v) is 22.7. The van der Waals surface area contributed by atoms with E-state index in [0.717, 1.165) is 50.9 Å². The second-order valence-corrected chi connectivity index (χ2v) is 10.6. The SMILES string of the molecule is CCCCCCCC(=O)C(CCCCCCCCCCCC(C)C)(C(=O)O)C(O)(CC(=O)O)C(=O)O. The Morgan fingerprint density at radius 3 is 1.58 bits per heavy atom. The second-order valence-electron chi connectivity index (χ2n) is 10.6. The number of Topliss-reactive ketones (excluding diaryl/α,β-unsaturated/α-hetero) is 1. The van der Waals surface area contributed by atoms with Crippen LogP contribution >= 0.6 is 0 Å². The highest BCUT2D eigenvalue weighted by Gasteiger charge is 2.65. The fourth-order valence-electron chi connectivity index (χ4n) is 4.89. The molecule has 4 N–H and O–H groups in total. The molecule has 0 saturated heterocycles. The largest absolute Gasteiger partial charge is 0.481 e. The molecule has 8 nitrogen and oxygen atoms in total.